The summed E-state index contributed by atoms with van der Waals surface area (Å²) in [4.78, 5) is 17.0. The molecule has 0 aliphatic rings. The monoisotopic (exact) mass is 327 g/mol. The highest BCUT2D eigenvalue weighted by Crippen LogP contribution is 2.33. The number of hydrogen-bond acceptors (Lipinski definition) is 4. The third kappa shape index (κ3) is 2.62. The molecule has 1 aromatic carbocycles. The van der Waals surface area contributed by atoms with Gasteiger partial charge in [-0.2, -0.15) is 0 Å². The average Bonchev–Trinajstić information content (AvgIpc) is 2.75. The molecule has 1 aromatic heterocycles. The van der Waals surface area contributed by atoms with Crippen molar-refractivity contribution >= 4 is 44.1 Å². The first kappa shape index (κ1) is 12.8. The van der Waals surface area contributed by atoms with Gasteiger partial charge in [0.1, 0.15) is 5.75 Å². The van der Waals surface area contributed by atoms with Gasteiger partial charge in [0.15, 0.2) is 5.13 Å². The molecule has 2 amide bonds. The number of halogens is 1. The molecule has 0 saturated heterocycles. The molecule has 0 unspecified atom stereocenters. The molecule has 0 atom stereocenters. The Morgan fingerprint density at radius 1 is 1.56 bits per heavy atom. The number of carbonyl (C=O) groups excluding carboxylic acids is 1. The third-order valence-electron chi connectivity index (χ3n) is 2.19. The molecule has 1 heterocycles. The molecule has 0 bridgehead atoms. The highest BCUT2D eigenvalue weighted by Gasteiger charge is 2.18. The van der Waals surface area contributed by atoms with Crippen LogP contribution in [0.15, 0.2) is 34.2 Å². The lowest BCUT2D eigenvalue weighted by Gasteiger charge is -2.17. The topological polar surface area (TPSA) is 68.5 Å². The number of anilines is 2. The van der Waals surface area contributed by atoms with Gasteiger partial charge in [0, 0.05) is 6.07 Å². The number of rotatable bonds is 3. The van der Waals surface area contributed by atoms with Gasteiger partial charge in [-0.15, -0.1) is 0 Å². The molecule has 2 N–H and O–H groups in total. The SMILES string of the molecule is COc1cccc(N(C(N)=O)c2ncc(Br)s2)c1. The van der Waals surface area contributed by atoms with Crippen molar-refractivity contribution in [1.82, 2.24) is 4.98 Å². The van der Waals surface area contributed by atoms with E-state index in [-0.39, 0.29) is 0 Å². The highest BCUT2D eigenvalue weighted by molar-refractivity contribution is 9.11. The van der Waals surface area contributed by atoms with Crippen LogP contribution in [0.1, 0.15) is 0 Å². The van der Waals surface area contributed by atoms with Crippen LogP contribution in [-0.4, -0.2) is 18.1 Å². The Morgan fingerprint density at radius 2 is 2.33 bits per heavy atom. The Labute approximate surface area is 116 Å². The van der Waals surface area contributed by atoms with Crippen LogP contribution in [0.2, 0.25) is 0 Å². The van der Waals surface area contributed by atoms with Crippen molar-refractivity contribution in [3.8, 4) is 5.75 Å². The second-order valence-electron chi connectivity index (χ2n) is 3.32. The number of benzene rings is 1. The predicted molar refractivity (Wildman–Crippen MR) is 74.5 cm³/mol. The lowest BCUT2D eigenvalue weighted by molar-refractivity contribution is 0.256. The predicted octanol–water partition coefficient (Wildman–Crippen LogP) is 3.13. The number of ether oxygens (including phenoxy) is 1. The summed E-state index contributed by atoms with van der Waals surface area (Å²) >= 11 is 4.63. The summed E-state index contributed by atoms with van der Waals surface area (Å²) in [7, 11) is 1.56. The van der Waals surface area contributed by atoms with Crippen molar-refractivity contribution < 1.29 is 9.53 Å². The molecule has 18 heavy (non-hydrogen) atoms. The van der Waals surface area contributed by atoms with Crippen LogP contribution in [0.3, 0.4) is 0 Å². The first-order valence-electron chi connectivity index (χ1n) is 4.97. The summed E-state index contributed by atoms with van der Waals surface area (Å²) in [5.41, 5.74) is 6.01. The van der Waals surface area contributed by atoms with E-state index in [0.717, 1.165) is 3.79 Å². The first-order valence-corrected chi connectivity index (χ1v) is 6.57. The summed E-state index contributed by atoms with van der Waals surface area (Å²) in [5, 5.41) is 0.502. The number of urea groups is 1. The molecule has 2 aromatic rings. The van der Waals surface area contributed by atoms with Gasteiger partial charge in [-0.05, 0) is 28.1 Å². The molecular weight excluding hydrogens is 318 g/mol. The largest absolute Gasteiger partial charge is 0.497 e. The normalized spacial score (nSPS) is 10.1. The highest BCUT2D eigenvalue weighted by atomic mass is 79.9. The minimum atomic E-state index is -0.592. The summed E-state index contributed by atoms with van der Waals surface area (Å²) in [6.45, 7) is 0. The third-order valence-corrected chi connectivity index (χ3v) is 3.65. The van der Waals surface area contributed by atoms with Crippen LogP contribution < -0.4 is 15.4 Å². The Kier molecular flexibility index (Phi) is 3.83. The lowest BCUT2D eigenvalue weighted by Crippen LogP contribution is -2.31. The molecule has 0 fully saturated rings. The van der Waals surface area contributed by atoms with E-state index in [2.05, 4.69) is 20.9 Å². The zero-order valence-corrected chi connectivity index (χ0v) is 11.9. The molecule has 0 aliphatic heterocycles. The fraction of sp³-hybridized carbons (Fsp3) is 0.0909. The van der Waals surface area contributed by atoms with Gasteiger partial charge in [0.05, 0.1) is 22.8 Å². The van der Waals surface area contributed by atoms with Gasteiger partial charge in [-0.1, -0.05) is 17.4 Å². The Morgan fingerprint density at radius 3 is 2.89 bits per heavy atom. The minimum Gasteiger partial charge on any atom is -0.497 e. The second-order valence-corrected chi connectivity index (χ2v) is 5.71. The quantitative estimate of drug-likeness (QED) is 0.941. The van der Waals surface area contributed by atoms with E-state index < -0.39 is 6.03 Å². The number of thiazole rings is 1. The van der Waals surface area contributed by atoms with Crippen molar-refractivity contribution in [2.24, 2.45) is 5.73 Å². The summed E-state index contributed by atoms with van der Waals surface area (Å²) < 4.78 is 5.95. The van der Waals surface area contributed by atoms with Crippen molar-refractivity contribution in [1.29, 1.82) is 0 Å². The number of aromatic nitrogens is 1. The summed E-state index contributed by atoms with van der Waals surface area (Å²) in [6.07, 6.45) is 1.62. The molecule has 2 rings (SSSR count). The van der Waals surface area contributed by atoms with Crippen molar-refractivity contribution in [2.45, 2.75) is 0 Å². The van der Waals surface area contributed by atoms with Gasteiger partial charge in [0.25, 0.3) is 0 Å². The Balaban J connectivity index is 2.44. The van der Waals surface area contributed by atoms with Crippen LogP contribution in [0.5, 0.6) is 5.75 Å². The molecule has 94 valence electrons. The number of nitrogens with two attached hydrogens (primary N) is 1. The number of amides is 2. The summed E-state index contributed by atoms with van der Waals surface area (Å²) in [6, 6.07) is 6.47. The molecule has 7 heteroatoms. The number of methoxy groups -OCH3 is 1. The van der Waals surface area contributed by atoms with E-state index in [1.807, 2.05) is 0 Å². The van der Waals surface area contributed by atoms with E-state index in [4.69, 9.17) is 10.5 Å². The van der Waals surface area contributed by atoms with Crippen molar-refractivity contribution in [3.63, 3.8) is 0 Å². The Hall–Kier alpha value is -1.60. The zero-order chi connectivity index (χ0) is 13.1. The van der Waals surface area contributed by atoms with Crippen LogP contribution >= 0.6 is 27.3 Å². The van der Waals surface area contributed by atoms with Gasteiger partial charge < -0.3 is 10.5 Å². The smallest absolute Gasteiger partial charge is 0.325 e. The molecule has 0 saturated carbocycles. The molecule has 0 spiro atoms. The van der Waals surface area contributed by atoms with Gasteiger partial charge >= 0.3 is 6.03 Å². The maximum absolute atomic E-state index is 11.6. The van der Waals surface area contributed by atoms with Crippen molar-refractivity contribution in [3.05, 3.63) is 34.2 Å². The van der Waals surface area contributed by atoms with Crippen LogP contribution in [0.4, 0.5) is 15.6 Å². The van der Waals surface area contributed by atoms with E-state index in [1.54, 1.807) is 37.6 Å². The number of carbonyl (C=O) groups is 1. The first-order chi connectivity index (χ1) is 8.61. The number of nitrogens with zero attached hydrogens (tertiary/aromatic N) is 2. The number of hydrogen-bond donors (Lipinski definition) is 1. The van der Waals surface area contributed by atoms with E-state index in [0.29, 0.717) is 16.6 Å². The maximum Gasteiger partial charge on any atom is 0.325 e. The second kappa shape index (κ2) is 5.36. The standard InChI is InChI=1S/C11H10BrN3O2S/c1-17-8-4-2-3-7(5-8)15(10(13)16)11-14-6-9(12)18-11/h2-6H,1H3,(H2,13,16). The van der Waals surface area contributed by atoms with E-state index >= 15 is 0 Å². The van der Waals surface area contributed by atoms with E-state index in [9.17, 15) is 4.79 Å². The lowest BCUT2D eigenvalue weighted by atomic mass is 10.3. The molecule has 5 nitrogen and oxygen atoms in total. The van der Waals surface area contributed by atoms with Gasteiger partial charge in [-0.3, -0.25) is 0 Å². The molecule has 0 aliphatic carbocycles. The van der Waals surface area contributed by atoms with Crippen molar-refractivity contribution in [2.75, 3.05) is 12.0 Å². The molecular formula is C11H10BrN3O2S. The van der Waals surface area contributed by atoms with E-state index in [1.165, 1.54) is 16.2 Å². The number of primary amides is 1. The van der Waals surface area contributed by atoms with Crippen LogP contribution in [0, 0.1) is 0 Å². The average molecular weight is 328 g/mol. The maximum atomic E-state index is 11.6. The van der Waals surface area contributed by atoms with Gasteiger partial charge in [0.2, 0.25) is 0 Å². The Bertz CT molecular complexity index is 573. The van der Waals surface area contributed by atoms with Crippen LogP contribution in [0.25, 0.3) is 0 Å². The fourth-order valence-corrected chi connectivity index (χ4v) is 2.64. The molecule has 0 radical (unpaired) electrons. The minimum absolute atomic E-state index is 0.502. The van der Waals surface area contributed by atoms with Gasteiger partial charge in [-0.25, -0.2) is 14.7 Å². The fourth-order valence-electron chi connectivity index (χ4n) is 1.43. The van der Waals surface area contributed by atoms with Crippen LogP contribution in [-0.2, 0) is 0 Å². The summed E-state index contributed by atoms with van der Waals surface area (Å²) in [5.74, 6) is 0.648. The zero-order valence-electron chi connectivity index (χ0n) is 9.46.